The predicted octanol–water partition coefficient (Wildman–Crippen LogP) is 8.04. The van der Waals surface area contributed by atoms with E-state index in [1.54, 1.807) is 24.2 Å². The van der Waals surface area contributed by atoms with Crippen molar-refractivity contribution in [3.63, 3.8) is 0 Å². The van der Waals surface area contributed by atoms with Gasteiger partial charge in [0.1, 0.15) is 6.33 Å². The first-order chi connectivity index (χ1) is 17.8. The molecule has 3 aromatic carbocycles. The van der Waals surface area contributed by atoms with E-state index < -0.39 is 0 Å². The maximum Gasteiger partial charge on any atom is 0.116 e. The van der Waals surface area contributed by atoms with Gasteiger partial charge in [-0.3, -0.25) is 4.98 Å². The highest BCUT2D eigenvalue weighted by Gasteiger charge is 2.27. The van der Waals surface area contributed by atoms with Crippen LogP contribution in [0.15, 0.2) is 109 Å². The summed E-state index contributed by atoms with van der Waals surface area (Å²) >= 11 is 6.57. The maximum absolute atomic E-state index is 6.57. The van der Waals surface area contributed by atoms with E-state index in [4.69, 9.17) is 11.6 Å². The molecule has 5 aromatic rings. The summed E-state index contributed by atoms with van der Waals surface area (Å²) in [6, 6.07) is 23.5. The minimum atomic E-state index is 0.618. The molecule has 0 bridgehead atoms. The number of allylic oxidation sites excluding steroid dienone is 4. The van der Waals surface area contributed by atoms with E-state index in [9.17, 15) is 0 Å². The van der Waals surface area contributed by atoms with Crippen molar-refractivity contribution in [3.8, 4) is 0 Å². The Morgan fingerprint density at radius 1 is 0.833 bits per heavy atom. The molecule has 2 aliphatic carbocycles. The highest BCUT2D eigenvalue weighted by atomic mass is 35.5. The van der Waals surface area contributed by atoms with Crippen molar-refractivity contribution in [2.45, 2.75) is 25.7 Å². The van der Waals surface area contributed by atoms with Gasteiger partial charge in [-0.05, 0) is 71.4 Å². The van der Waals surface area contributed by atoms with Crippen LogP contribution in [0.1, 0.15) is 29.5 Å². The Kier molecular flexibility index (Phi) is 6.31. The van der Waals surface area contributed by atoms with Crippen LogP contribution in [0.25, 0.3) is 27.2 Å². The Morgan fingerprint density at radius 3 is 2.64 bits per heavy atom. The largest absolute Gasteiger partial charge is 0.262 e. The number of aromatic nitrogens is 3. The SMILES string of the molecule is Clc1cccc2ccc3c(c12)CCC1=C3C=CCC1Cc1ccccc1.c1cc2cncnc2cn1. The molecule has 0 saturated carbocycles. The Bertz CT molecular complexity index is 1540. The summed E-state index contributed by atoms with van der Waals surface area (Å²) in [5, 5.41) is 4.40. The zero-order valence-electron chi connectivity index (χ0n) is 19.9. The fourth-order valence-corrected chi connectivity index (χ4v) is 5.82. The maximum atomic E-state index is 6.57. The van der Waals surface area contributed by atoms with Crippen LogP contribution in [0.4, 0.5) is 0 Å². The molecule has 0 fully saturated rings. The first-order valence-corrected chi connectivity index (χ1v) is 12.8. The monoisotopic (exact) mass is 487 g/mol. The summed E-state index contributed by atoms with van der Waals surface area (Å²) in [6.45, 7) is 0. The van der Waals surface area contributed by atoms with Crippen LogP contribution in [0, 0.1) is 5.92 Å². The molecular weight excluding hydrogens is 462 g/mol. The first-order valence-electron chi connectivity index (χ1n) is 12.4. The molecule has 1 unspecified atom stereocenters. The molecular formula is C32H26ClN3. The molecule has 0 radical (unpaired) electrons. The lowest BCUT2D eigenvalue weighted by Gasteiger charge is -2.31. The van der Waals surface area contributed by atoms with Gasteiger partial charge < -0.3 is 0 Å². The van der Waals surface area contributed by atoms with Crippen LogP contribution in [-0.2, 0) is 12.8 Å². The second kappa shape index (κ2) is 10.0. The molecule has 2 aromatic heterocycles. The lowest BCUT2D eigenvalue weighted by molar-refractivity contribution is 0.584. The third-order valence-corrected chi connectivity index (χ3v) is 7.53. The van der Waals surface area contributed by atoms with Gasteiger partial charge in [-0.15, -0.1) is 0 Å². The van der Waals surface area contributed by atoms with Gasteiger partial charge in [0.25, 0.3) is 0 Å². The van der Waals surface area contributed by atoms with E-state index >= 15 is 0 Å². The number of fused-ring (bicyclic) bond motifs is 5. The molecule has 0 saturated heterocycles. The molecule has 7 rings (SSSR count). The van der Waals surface area contributed by atoms with E-state index in [1.165, 1.54) is 39.4 Å². The van der Waals surface area contributed by atoms with E-state index in [2.05, 4.69) is 75.6 Å². The summed E-state index contributed by atoms with van der Waals surface area (Å²) < 4.78 is 0. The van der Waals surface area contributed by atoms with Gasteiger partial charge in [0.05, 0.1) is 11.7 Å². The van der Waals surface area contributed by atoms with Crippen LogP contribution >= 0.6 is 11.6 Å². The smallest absolute Gasteiger partial charge is 0.116 e. The van der Waals surface area contributed by atoms with Gasteiger partial charge in [-0.2, -0.15) is 0 Å². The number of rotatable bonds is 2. The number of halogens is 1. The Balaban J connectivity index is 0.000000200. The van der Waals surface area contributed by atoms with Crippen LogP contribution in [-0.4, -0.2) is 15.0 Å². The molecule has 2 aliphatic rings. The molecule has 3 nitrogen and oxygen atoms in total. The van der Waals surface area contributed by atoms with Gasteiger partial charge in [0.2, 0.25) is 0 Å². The standard InChI is InChI=1S/C25H21Cl.C7H5N3/c26-24-11-5-8-18-12-13-22-21-10-4-9-19(16-17-6-2-1-3-7-17)20(21)14-15-23(22)25(18)24;1-2-8-4-7-6(1)3-9-5-10-7/h1-8,10-13,19H,9,14-16H2;1-5H. The fraction of sp³-hybridized carbons (Fsp3) is 0.156. The molecule has 0 aliphatic heterocycles. The highest BCUT2D eigenvalue weighted by Crippen LogP contribution is 2.44. The van der Waals surface area contributed by atoms with Crippen molar-refractivity contribution in [2.75, 3.05) is 0 Å². The fourth-order valence-electron chi connectivity index (χ4n) is 5.53. The van der Waals surface area contributed by atoms with E-state index in [0.29, 0.717) is 5.92 Å². The van der Waals surface area contributed by atoms with Crippen molar-refractivity contribution in [1.29, 1.82) is 0 Å². The lowest BCUT2D eigenvalue weighted by atomic mass is 9.73. The van der Waals surface area contributed by atoms with E-state index in [0.717, 1.165) is 41.6 Å². The number of aryl methyl sites for hydroxylation is 1. The van der Waals surface area contributed by atoms with Crippen LogP contribution in [0.2, 0.25) is 5.02 Å². The Hall–Kier alpha value is -3.82. The van der Waals surface area contributed by atoms with Gasteiger partial charge in [-0.25, -0.2) is 9.97 Å². The third-order valence-electron chi connectivity index (χ3n) is 7.22. The van der Waals surface area contributed by atoms with Crippen LogP contribution < -0.4 is 0 Å². The minimum Gasteiger partial charge on any atom is -0.262 e. The molecule has 1 atom stereocenters. The third kappa shape index (κ3) is 4.43. The Labute approximate surface area is 216 Å². The van der Waals surface area contributed by atoms with Gasteiger partial charge in [0, 0.05) is 28.2 Å². The predicted molar refractivity (Wildman–Crippen MR) is 149 cm³/mol. The second-order valence-corrected chi connectivity index (χ2v) is 9.76. The first kappa shape index (κ1) is 22.6. The quantitative estimate of drug-likeness (QED) is 0.253. The number of benzene rings is 3. The minimum absolute atomic E-state index is 0.618. The average molecular weight is 488 g/mol. The molecule has 0 amide bonds. The molecule has 176 valence electrons. The molecule has 4 heteroatoms. The van der Waals surface area contributed by atoms with Crippen molar-refractivity contribution < 1.29 is 0 Å². The lowest BCUT2D eigenvalue weighted by Crippen LogP contribution is -2.17. The highest BCUT2D eigenvalue weighted by molar-refractivity contribution is 6.36. The number of hydrogen-bond acceptors (Lipinski definition) is 3. The van der Waals surface area contributed by atoms with E-state index in [-0.39, 0.29) is 0 Å². The van der Waals surface area contributed by atoms with Crippen molar-refractivity contribution in [1.82, 2.24) is 15.0 Å². The molecule has 0 spiro atoms. The van der Waals surface area contributed by atoms with Crippen molar-refractivity contribution in [3.05, 3.63) is 131 Å². The summed E-state index contributed by atoms with van der Waals surface area (Å²) in [5.41, 5.74) is 8.22. The zero-order valence-corrected chi connectivity index (χ0v) is 20.7. The summed E-state index contributed by atoms with van der Waals surface area (Å²) in [5.74, 6) is 0.618. The molecule has 0 N–H and O–H groups in total. The average Bonchev–Trinajstić information content (AvgIpc) is 2.94. The zero-order chi connectivity index (χ0) is 24.3. The van der Waals surface area contributed by atoms with Gasteiger partial charge >= 0.3 is 0 Å². The molecule has 2 heterocycles. The number of pyridine rings is 1. The van der Waals surface area contributed by atoms with Crippen LogP contribution in [0.5, 0.6) is 0 Å². The molecule has 36 heavy (non-hydrogen) atoms. The van der Waals surface area contributed by atoms with Gasteiger partial charge in [0.15, 0.2) is 0 Å². The van der Waals surface area contributed by atoms with Crippen molar-refractivity contribution >= 4 is 38.8 Å². The summed E-state index contributed by atoms with van der Waals surface area (Å²) in [6.07, 6.45) is 16.0. The van der Waals surface area contributed by atoms with Gasteiger partial charge in [-0.1, -0.05) is 83.9 Å². The summed E-state index contributed by atoms with van der Waals surface area (Å²) in [7, 11) is 0. The topological polar surface area (TPSA) is 38.7 Å². The Morgan fingerprint density at radius 2 is 1.75 bits per heavy atom. The number of nitrogens with zero attached hydrogens (tertiary/aromatic N) is 3. The normalized spacial score (nSPS) is 16.3. The van der Waals surface area contributed by atoms with E-state index in [1.807, 2.05) is 18.2 Å². The second-order valence-electron chi connectivity index (χ2n) is 9.35. The number of hydrogen-bond donors (Lipinski definition) is 0. The van der Waals surface area contributed by atoms with Crippen molar-refractivity contribution in [2.24, 2.45) is 5.92 Å². The van der Waals surface area contributed by atoms with Crippen LogP contribution in [0.3, 0.4) is 0 Å². The summed E-state index contributed by atoms with van der Waals surface area (Å²) in [4.78, 5) is 11.8.